The van der Waals surface area contributed by atoms with E-state index in [1.165, 1.54) is 27.9 Å². The second kappa shape index (κ2) is 5.31. The van der Waals surface area contributed by atoms with Gasteiger partial charge in [0.05, 0.1) is 11.7 Å². The van der Waals surface area contributed by atoms with Gasteiger partial charge in [0.15, 0.2) is 0 Å². The van der Waals surface area contributed by atoms with Gasteiger partial charge < -0.3 is 5.32 Å². The van der Waals surface area contributed by atoms with Gasteiger partial charge in [0.1, 0.15) is 0 Å². The van der Waals surface area contributed by atoms with Crippen molar-refractivity contribution in [3.8, 4) is 0 Å². The zero-order valence-electron chi connectivity index (χ0n) is 13.4. The number of nitrogens with one attached hydrogen (secondary N) is 1. The van der Waals surface area contributed by atoms with E-state index in [0.29, 0.717) is 0 Å². The Kier molecular flexibility index (Phi) is 3.89. The molecule has 3 heteroatoms. The molecule has 0 saturated carbocycles. The first-order chi connectivity index (χ1) is 9.27. The molecule has 2 rings (SSSR count). The van der Waals surface area contributed by atoms with Gasteiger partial charge in [-0.1, -0.05) is 17.7 Å². The molecule has 0 aliphatic heterocycles. The molecule has 1 aromatic carbocycles. The third kappa shape index (κ3) is 3.21. The molecule has 108 valence electrons. The molecule has 0 bridgehead atoms. The summed E-state index contributed by atoms with van der Waals surface area (Å²) in [5.41, 5.74) is 6.38. The molecule has 1 N–H and O–H groups in total. The Balaban J connectivity index is 2.12. The summed E-state index contributed by atoms with van der Waals surface area (Å²) in [6.45, 7) is 13.7. The molecular weight excluding hydrogens is 246 g/mol. The molecule has 1 aromatic heterocycles. The van der Waals surface area contributed by atoms with Crippen LogP contribution in [0.25, 0.3) is 0 Å². The van der Waals surface area contributed by atoms with Gasteiger partial charge in [-0.25, -0.2) is 0 Å². The van der Waals surface area contributed by atoms with Crippen LogP contribution in [0.1, 0.15) is 43.0 Å². The molecule has 0 spiro atoms. The van der Waals surface area contributed by atoms with Crippen LogP contribution in [0.4, 0.5) is 5.69 Å². The Morgan fingerprint density at radius 2 is 1.70 bits per heavy atom. The molecule has 1 heterocycles. The first-order valence-corrected chi connectivity index (χ1v) is 7.13. The predicted molar refractivity (Wildman–Crippen MR) is 85.2 cm³/mol. The molecule has 0 atom stereocenters. The zero-order valence-corrected chi connectivity index (χ0v) is 13.4. The van der Waals surface area contributed by atoms with Crippen LogP contribution in [0.3, 0.4) is 0 Å². The summed E-state index contributed by atoms with van der Waals surface area (Å²) < 4.78 is 2.01. The Bertz CT molecular complexity index is 580. The van der Waals surface area contributed by atoms with E-state index in [-0.39, 0.29) is 5.54 Å². The molecule has 0 fully saturated rings. The minimum absolute atomic E-state index is 0.0357. The molecule has 0 radical (unpaired) electrons. The average Bonchev–Trinajstić information content (AvgIpc) is 2.75. The van der Waals surface area contributed by atoms with Gasteiger partial charge in [0, 0.05) is 24.0 Å². The molecule has 0 unspecified atom stereocenters. The minimum atomic E-state index is 0.0357. The predicted octanol–water partition coefficient (Wildman–Crippen LogP) is 4.18. The van der Waals surface area contributed by atoms with Crippen LogP contribution >= 0.6 is 0 Å². The molecule has 0 saturated heterocycles. The van der Waals surface area contributed by atoms with Crippen LogP contribution in [-0.2, 0) is 12.1 Å². The van der Waals surface area contributed by atoms with Gasteiger partial charge in [-0.3, -0.25) is 4.68 Å². The van der Waals surface area contributed by atoms with E-state index < -0.39 is 0 Å². The largest absolute Gasteiger partial charge is 0.380 e. The Morgan fingerprint density at radius 3 is 2.20 bits per heavy atom. The van der Waals surface area contributed by atoms with E-state index in [1.54, 1.807) is 0 Å². The summed E-state index contributed by atoms with van der Waals surface area (Å²) in [5.74, 6) is 0. The fraction of sp³-hybridized carbons (Fsp3) is 0.471. The van der Waals surface area contributed by atoms with Crippen molar-refractivity contribution in [3.05, 3.63) is 46.8 Å². The quantitative estimate of drug-likeness (QED) is 0.907. The maximum atomic E-state index is 4.44. The summed E-state index contributed by atoms with van der Waals surface area (Å²) in [5, 5.41) is 7.97. The summed E-state index contributed by atoms with van der Waals surface area (Å²) in [6.07, 6.45) is 4.06. The van der Waals surface area contributed by atoms with Crippen molar-refractivity contribution < 1.29 is 0 Å². The number of anilines is 1. The lowest BCUT2D eigenvalue weighted by Crippen LogP contribution is -2.22. The highest BCUT2D eigenvalue weighted by atomic mass is 15.3. The first-order valence-electron chi connectivity index (χ1n) is 7.13. The lowest BCUT2D eigenvalue weighted by molar-refractivity contribution is 0.355. The third-order valence-electron chi connectivity index (χ3n) is 3.47. The van der Waals surface area contributed by atoms with Crippen LogP contribution in [0.2, 0.25) is 0 Å². The Hall–Kier alpha value is -1.77. The summed E-state index contributed by atoms with van der Waals surface area (Å²) in [4.78, 5) is 0. The van der Waals surface area contributed by atoms with Gasteiger partial charge in [-0.2, -0.15) is 5.10 Å². The number of rotatable bonds is 3. The average molecular weight is 271 g/mol. The van der Waals surface area contributed by atoms with Crippen LogP contribution in [0.5, 0.6) is 0 Å². The lowest BCUT2D eigenvalue weighted by atomic mass is 10.0. The third-order valence-corrected chi connectivity index (χ3v) is 3.47. The number of aromatic nitrogens is 2. The second-order valence-electron chi connectivity index (χ2n) is 6.59. The normalized spacial score (nSPS) is 11.7. The zero-order chi connectivity index (χ0) is 14.9. The fourth-order valence-corrected chi connectivity index (χ4v) is 2.47. The van der Waals surface area contributed by atoms with E-state index in [1.807, 2.05) is 10.9 Å². The fourth-order valence-electron chi connectivity index (χ4n) is 2.47. The van der Waals surface area contributed by atoms with E-state index in [9.17, 15) is 0 Å². The van der Waals surface area contributed by atoms with Crippen molar-refractivity contribution in [3.63, 3.8) is 0 Å². The number of hydrogen-bond donors (Lipinski definition) is 1. The summed E-state index contributed by atoms with van der Waals surface area (Å²) in [6, 6.07) is 4.43. The molecule has 0 aliphatic carbocycles. The van der Waals surface area contributed by atoms with E-state index in [2.05, 4.69) is 70.3 Å². The number of hydrogen-bond acceptors (Lipinski definition) is 2. The van der Waals surface area contributed by atoms with Crippen molar-refractivity contribution >= 4 is 5.69 Å². The molecule has 20 heavy (non-hydrogen) atoms. The van der Waals surface area contributed by atoms with E-state index in [4.69, 9.17) is 0 Å². The molecule has 0 amide bonds. The van der Waals surface area contributed by atoms with Gasteiger partial charge in [0.2, 0.25) is 0 Å². The maximum absolute atomic E-state index is 4.44. The molecule has 2 aromatic rings. The summed E-state index contributed by atoms with van der Waals surface area (Å²) in [7, 11) is 0. The molecule has 3 nitrogen and oxygen atoms in total. The monoisotopic (exact) mass is 271 g/mol. The van der Waals surface area contributed by atoms with Gasteiger partial charge in [-0.05, 0) is 52.7 Å². The Labute approximate surface area is 122 Å². The van der Waals surface area contributed by atoms with Crippen LogP contribution in [0, 0.1) is 20.8 Å². The standard InChI is InChI=1S/C17H25N3/c1-12-7-13(2)16(14(3)8-12)18-9-15-10-19-20(11-15)17(4,5)6/h7-8,10-11,18H,9H2,1-6H3. The van der Waals surface area contributed by atoms with Crippen LogP contribution in [-0.4, -0.2) is 9.78 Å². The van der Waals surface area contributed by atoms with Gasteiger partial charge in [-0.15, -0.1) is 0 Å². The first kappa shape index (κ1) is 14.6. The number of benzene rings is 1. The summed E-state index contributed by atoms with van der Waals surface area (Å²) >= 11 is 0. The lowest BCUT2D eigenvalue weighted by Gasteiger charge is -2.18. The van der Waals surface area contributed by atoms with Crippen molar-refractivity contribution in [2.75, 3.05) is 5.32 Å². The highest BCUT2D eigenvalue weighted by Crippen LogP contribution is 2.22. The Morgan fingerprint density at radius 1 is 1.10 bits per heavy atom. The van der Waals surface area contributed by atoms with E-state index in [0.717, 1.165) is 6.54 Å². The van der Waals surface area contributed by atoms with Crippen molar-refractivity contribution in [1.82, 2.24) is 9.78 Å². The van der Waals surface area contributed by atoms with Gasteiger partial charge >= 0.3 is 0 Å². The highest BCUT2D eigenvalue weighted by molar-refractivity contribution is 5.58. The van der Waals surface area contributed by atoms with Crippen molar-refractivity contribution in [2.24, 2.45) is 0 Å². The van der Waals surface area contributed by atoms with Crippen LogP contribution in [0.15, 0.2) is 24.5 Å². The smallest absolute Gasteiger partial charge is 0.0543 e. The van der Waals surface area contributed by atoms with Crippen LogP contribution < -0.4 is 5.32 Å². The second-order valence-corrected chi connectivity index (χ2v) is 6.59. The van der Waals surface area contributed by atoms with Crippen molar-refractivity contribution in [1.29, 1.82) is 0 Å². The molecular formula is C17H25N3. The maximum Gasteiger partial charge on any atom is 0.0543 e. The molecule has 0 aliphatic rings. The van der Waals surface area contributed by atoms with Crippen molar-refractivity contribution in [2.45, 2.75) is 53.6 Å². The minimum Gasteiger partial charge on any atom is -0.380 e. The number of aryl methyl sites for hydroxylation is 3. The topological polar surface area (TPSA) is 29.9 Å². The van der Waals surface area contributed by atoms with Gasteiger partial charge in [0.25, 0.3) is 0 Å². The highest BCUT2D eigenvalue weighted by Gasteiger charge is 2.14. The number of nitrogens with zero attached hydrogens (tertiary/aromatic N) is 2. The van der Waals surface area contributed by atoms with E-state index >= 15 is 0 Å². The SMILES string of the molecule is Cc1cc(C)c(NCc2cnn(C(C)(C)C)c2)c(C)c1.